The molecule has 2 N–H and O–H groups in total. The zero-order chi connectivity index (χ0) is 102. The van der Waals surface area contributed by atoms with Gasteiger partial charge < -0.3 is 77.3 Å². The van der Waals surface area contributed by atoms with Crippen molar-refractivity contribution in [2.75, 3.05) is 148 Å². The van der Waals surface area contributed by atoms with E-state index in [0.717, 1.165) is 167 Å². The maximum atomic E-state index is 13.3. The molecule has 16 aliphatic rings. The number of rotatable bonds is 12. The smallest absolute Gasteiger partial charge is 0.400 e. The Morgan fingerprint density at radius 3 is 0.807 bits per heavy atom. The number of carbonyl (C=O) groups is 1. The molecule has 3 spiro atoms. The number of carbonyl (C=O) groups excluding carboxylic acids is 1. The van der Waals surface area contributed by atoms with Crippen molar-refractivity contribution in [3.8, 4) is 0 Å². The van der Waals surface area contributed by atoms with Crippen LogP contribution in [0, 0.1) is 0 Å². The summed E-state index contributed by atoms with van der Waals surface area (Å²) in [6, 6.07) is 49.6. The first-order valence-corrected chi connectivity index (χ1v) is 54.4. The first kappa shape index (κ1) is 110. The summed E-state index contributed by atoms with van der Waals surface area (Å²) in [7, 11) is -0.219. The fourth-order valence-electron chi connectivity index (χ4n) is 22.8. The Morgan fingerprint density at radius 1 is 0.290 bits per heavy atom. The molecule has 31 heteroatoms. The number of nitrogens with zero attached hydrogens (tertiary/aromatic N) is 6. The number of allylic oxidation sites excluding steroid dienone is 2. The van der Waals surface area contributed by atoms with Crippen molar-refractivity contribution in [2.24, 2.45) is 0 Å². The van der Waals surface area contributed by atoms with Gasteiger partial charge in [0.05, 0.1) is 63.1 Å². The highest BCUT2D eigenvalue weighted by Gasteiger charge is 2.54. The molecule has 0 aromatic heterocycles. The van der Waals surface area contributed by atoms with Crippen LogP contribution in [0.25, 0.3) is 5.57 Å². The number of Topliss-reactive ketones (excluding diaryl/α,β-unsaturated/α-hetero) is 1. The standard InChI is InChI=1S/C19H25F2NO2.C19H23F2NO2.2C17H23F2NO.C17H21F2NO.C14H23BO4.C11H12BrF2N/c2*20-18(21)9-11-22(12-10-18)17-3-1-15(2-4-17)16-5-7-19(8-6-16)23-13-14-24-19;3*18-17(19)9-11-20(12-10-17)15-5-1-13(2-6-15)14-3-7-16(21)8-4-14;1-12(2)13(3,4)19-15(18-12)11-5-7-14(8-6-11)16-9-10-17-14;12-9-1-3-10(4-2-9)15-7-5-11(13,14)6-8-15/h1-4,16H,5-14H2;1-5H,6-14H2;2*1-2,5-6,14,16,21H,3-4,7-12H2;1-2,5-6,14H,3-4,7-12H2;5H,6-10H2,1-4H3;1-4H,5-8H2. The Kier molecular flexibility index (Phi) is 36.5. The molecule has 10 saturated heterocycles. The van der Waals surface area contributed by atoms with Gasteiger partial charge in [0.25, 0.3) is 35.5 Å². The van der Waals surface area contributed by atoms with Crippen LogP contribution in [0.4, 0.5) is 86.8 Å². The minimum Gasteiger partial charge on any atom is -0.400 e. The Hall–Kier alpha value is -7.43. The number of ketones is 1. The minimum absolute atomic E-state index is 0.0386. The molecular formula is C114H150BBrF12N6O11. The van der Waals surface area contributed by atoms with Gasteiger partial charge in [-0.25, -0.2) is 52.7 Å². The molecule has 0 unspecified atom stereocenters. The van der Waals surface area contributed by atoms with Crippen LogP contribution in [0.15, 0.2) is 168 Å². The maximum absolute atomic E-state index is 13.3. The summed E-state index contributed by atoms with van der Waals surface area (Å²) in [4.78, 5) is 23.5. The average molecular weight is 2100 g/mol. The number of ether oxygens (including phenoxy) is 6. The third-order valence-corrected chi connectivity index (χ3v) is 33.8. The van der Waals surface area contributed by atoms with Crippen LogP contribution in [0.1, 0.15) is 297 Å². The van der Waals surface area contributed by atoms with Crippen LogP contribution in [0.3, 0.4) is 0 Å². The highest BCUT2D eigenvalue weighted by Crippen LogP contribution is 2.49. The molecule has 0 bridgehead atoms. The fraction of sp³-hybridized carbons (Fsp3) is 0.640. The van der Waals surface area contributed by atoms with Crippen molar-refractivity contribution >= 4 is 68.5 Å². The van der Waals surface area contributed by atoms with Gasteiger partial charge >= 0.3 is 7.12 Å². The third kappa shape index (κ3) is 30.5. The fourth-order valence-corrected chi connectivity index (χ4v) is 23.1. The monoisotopic (exact) mass is 2100 g/mol. The van der Waals surface area contributed by atoms with E-state index in [9.17, 15) is 67.7 Å². The molecule has 10 heterocycles. The summed E-state index contributed by atoms with van der Waals surface area (Å²) in [5.74, 6) is -13.5. The molecule has 6 aliphatic carbocycles. The molecule has 0 atom stereocenters. The summed E-state index contributed by atoms with van der Waals surface area (Å²) < 4.78 is 206. The summed E-state index contributed by atoms with van der Waals surface area (Å²) in [6.07, 6.45) is 23.8. The Morgan fingerprint density at radius 2 is 0.538 bits per heavy atom. The van der Waals surface area contributed by atoms with E-state index in [4.69, 9.17) is 37.7 Å². The first-order valence-electron chi connectivity index (χ1n) is 53.6. The quantitative estimate of drug-likeness (QED) is 0.0882. The third-order valence-electron chi connectivity index (χ3n) is 33.3. The van der Waals surface area contributed by atoms with Gasteiger partial charge in [0.2, 0.25) is 0 Å². The van der Waals surface area contributed by atoms with Crippen LogP contribution in [0.2, 0.25) is 0 Å². The molecule has 0 amide bonds. The number of aliphatic hydroxyl groups is 2. The first-order chi connectivity index (χ1) is 69.1. The average Bonchev–Trinajstić information content (AvgIpc) is 1.61. The van der Waals surface area contributed by atoms with Crippen LogP contribution >= 0.6 is 15.9 Å². The van der Waals surface area contributed by atoms with Gasteiger partial charge in [0.1, 0.15) is 5.78 Å². The number of piperidine rings is 6. The summed E-state index contributed by atoms with van der Waals surface area (Å²) >= 11 is 3.35. The zero-order valence-electron chi connectivity index (χ0n) is 85.0. The molecule has 17 nitrogen and oxygen atoms in total. The lowest BCUT2D eigenvalue weighted by Gasteiger charge is -2.36. The van der Waals surface area contributed by atoms with Crippen molar-refractivity contribution in [1.29, 1.82) is 0 Å². The van der Waals surface area contributed by atoms with Gasteiger partial charge in [-0.1, -0.05) is 88.7 Å². The Balaban J connectivity index is 0.000000122. The summed E-state index contributed by atoms with van der Waals surface area (Å²) in [6.45, 7) is 17.7. The summed E-state index contributed by atoms with van der Waals surface area (Å²) in [5.41, 5.74) is 14.7. The van der Waals surface area contributed by atoms with Crippen molar-refractivity contribution in [2.45, 2.75) is 346 Å². The molecule has 145 heavy (non-hydrogen) atoms. The number of alkyl halides is 12. The van der Waals surface area contributed by atoms with Gasteiger partial charge in [-0.15, -0.1) is 0 Å². The molecule has 14 fully saturated rings. The number of halogens is 13. The number of hydrogen-bond donors (Lipinski definition) is 2. The number of anilines is 6. The summed E-state index contributed by atoms with van der Waals surface area (Å²) in [5, 5.41) is 19.1. The van der Waals surface area contributed by atoms with Gasteiger partial charge in [-0.05, 0) is 265 Å². The van der Waals surface area contributed by atoms with Gasteiger partial charge in [-0.2, -0.15) is 0 Å². The predicted molar refractivity (Wildman–Crippen MR) is 550 cm³/mol. The van der Waals surface area contributed by atoms with E-state index in [-0.39, 0.29) is 125 Å². The van der Waals surface area contributed by atoms with Gasteiger partial charge in [-0.3, -0.25) is 4.79 Å². The molecule has 796 valence electrons. The molecule has 6 aromatic carbocycles. The van der Waals surface area contributed by atoms with E-state index in [0.29, 0.717) is 160 Å². The lowest BCUT2D eigenvalue weighted by Crippen LogP contribution is -2.41. The van der Waals surface area contributed by atoms with E-state index in [1.54, 1.807) is 0 Å². The lowest BCUT2D eigenvalue weighted by atomic mass is 9.71. The van der Waals surface area contributed by atoms with Crippen LogP contribution in [-0.4, -0.2) is 218 Å². The van der Waals surface area contributed by atoms with Gasteiger partial charge in [0.15, 0.2) is 17.4 Å². The van der Waals surface area contributed by atoms with E-state index >= 15 is 0 Å². The topological polar surface area (TPSA) is 151 Å². The normalized spacial score (nSPS) is 26.9. The number of aliphatic hydroxyl groups excluding tert-OH is 2. The number of benzene rings is 6. The molecule has 4 saturated carbocycles. The van der Waals surface area contributed by atoms with Crippen LogP contribution in [0.5, 0.6) is 0 Å². The van der Waals surface area contributed by atoms with Crippen LogP contribution < -0.4 is 29.4 Å². The van der Waals surface area contributed by atoms with Crippen molar-refractivity contribution in [3.05, 3.63) is 196 Å². The van der Waals surface area contributed by atoms with E-state index < -0.39 is 35.5 Å². The molecule has 22 rings (SSSR count). The highest BCUT2D eigenvalue weighted by molar-refractivity contribution is 9.10. The van der Waals surface area contributed by atoms with E-state index in [1.807, 2.05) is 73.0 Å². The van der Waals surface area contributed by atoms with Crippen molar-refractivity contribution in [3.63, 3.8) is 0 Å². The van der Waals surface area contributed by atoms with E-state index in [1.165, 1.54) is 38.9 Å². The maximum Gasteiger partial charge on any atom is 0.490 e. The van der Waals surface area contributed by atoms with Crippen LogP contribution in [-0.2, 0) is 42.5 Å². The molecule has 10 aliphatic heterocycles. The Labute approximate surface area is 858 Å². The van der Waals surface area contributed by atoms with Gasteiger partial charge in [0, 0.05) is 246 Å². The number of hydrogen-bond acceptors (Lipinski definition) is 17. The second kappa shape index (κ2) is 48.0. The molecular weight excluding hydrogens is 1950 g/mol. The SMILES string of the molecule is CC1(C)OB(C2=CCC3(CC2)OCCO3)OC1(C)C.FC1(F)CCN(c2ccc(Br)cc2)CC1.FC1(F)CCN(c2ccc(C3=CCC4(CC3)OCCO4)cc2)CC1.FC1(F)CCN(c2ccc(C3CCC4(CC3)OCCO4)cc2)CC1.O=C1CCC(c2ccc(N3CCC(F)(F)CC3)cc2)CC1.OC1CCC(c2ccc(N3CCC(F)(F)CC3)cc2)CC1.OC1CCC(c2ccc(N3CCC(F)(F)CC3)cc2)CC1. The minimum atomic E-state index is -2.50. The van der Waals surface area contributed by atoms with E-state index in [2.05, 4.69) is 158 Å². The molecule has 0 radical (unpaired) electrons. The zero-order valence-corrected chi connectivity index (χ0v) is 86.6. The van der Waals surface area contributed by atoms with Crippen molar-refractivity contribution in [1.82, 2.24) is 0 Å². The largest absolute Gasteiger partial charge is 0.490 e. The highest BCUT2D eigenvalue weighted by atomic mass is 79.9. The second-order valence-corrected chi connectivity index (χ2v) is 44.8. The Bertz CT molecular complexity index is 4970. The molecule has 6 aromatic rings. The van der Waals surface area contributed by atoms with Crippen molar-refractivity contribution < 1.29 is 105 Å². The lowest BCUT2D eigenvalue weighted by molar-refractivity contribution is -0.178. The second-order valence-electron chi connectivity index (χ2n) is 43.9. The predicted octanol–water partition coefficient (Wildman–Crippen LogP) is 26.7.